The maximum Gasteiger partial charge on any atom is 0.306 e. The molecular weight excluding hydrogens is 244 g/mol. The highest BCUT2D eigenvalue weighted by Crippen LogP contribution is 2.11. The summed E-state index contributed by atoms with van der Waals surface area (Å²) < 4.78 is 4.65. The fraction of sp³-hybridized carbons (Fsp3) is 0.615. The van der Waals surface area contributed by atoms with Gasteiger partial charge in [0.2, 0.25) is 5.95 Å². The van der Waals surface area contributed by atoms with E-state index in [2.05, 4.69) is 24.5 Å². The van der Waals surface area contributed by atoms with Crippen LogP contribution in [0.5, 0.6) is 0 Å². The second-order valence-electron chi connectivity index (χ2n) is 4.65. The van der Waals surface area contributed by atoms with Crippen LogP contribution in [0.1, 0.15) is 12.1 Å². The zero-order valence-corrected chi connectivity index (χ0v) is 11.5. The summed E-state index contributed by atoms with van der Waals surface area (Å²) >= 11 is 0. The molecule has 0 aliphatic carbocycles. The molecule has 1 saturated heterocycles. The monoisotopic (exact) mass is 264 g/mol. The quantitative estimate of drug-likeness (QED) is 0.737. The van der Waals surface area contributed by atoms with Crippen LogP contribution in [-0.4, -0.2) is 60.7 Å². The number of aryl methyl sites for hydroxylation is 1. The van der Waals surface area contributed by atoms with Crippen molar-refractivity contribution in [1.29, 1.82) is 0 Å². The van der Waals surface area contributed by atoms with E-state index in [1.54, 1.807) is 6.20 Å². The van der Waals surface area contributed by atoms with Crippen LogP contribution in [-0.2, 0) is 9.53 Å². The van der Waals surface area contributed by atoms with Crippen molar-refractivity contribution < 1.29 is 9.53 Å². The number of rotatable bonds is 4. The first-order valence-corrected chi connectivity index (χ1v) is 6.53. The van der Waals surface area contributed by atoms with E-state index in [-0.39, 0.29) is 5.97 Å². The second kappa shape index (κ2) is 6.47. The molecule has 1 aliphatic heterocycles. The Morgan fingerprint density at radius 1 is 1.37 bits per heavy atom. The molecule has 1 aromatic heterocycles. The maximum atomic E-state index is 11.1. The number of aromatic nitrogens is 2. The average Bonchev–Trinajstić information content (AvgIpc) is 2.45. The van der Waals surface area contributed by atoms with Crippen LogP contribution in [0, 0.1) is 6.92 Å². The van der Waals surface area contributed by atoms with Crippen LogP contribution in [0.25, 0.3) is 0 Å². The number of hydrogen-bond acceptors (Lipinski definition) is 6. The van der Waals surface area contributed by atoms with Crippen LogP contribution in [0.4, 0.5) is 5.95 Å². The lowest BCUT2D eigenvalue weighted by atomic mass is 10.3. The lowest BCUT2D eigenvalue weighted by Crippen LogP contribution is -2.47. The normalized spacial score (nSPS) is 16.4. The van der Waals surface area contributed by atoms with E-state index in [0.29, 0.717) is 6.42 Å². The van der Waals surface area contributed by atoms with Crippen LogP contribution in [0.2, 0.25) is 0 Å². The van der Waals surface area contributed by atoms with E-state index in [9.17, 15) is 4.79 Å². The first kappa shape index (κ1) is 13.7. The van der Waals surface area contributed by atoms with E-state index >= 15 is 0 Å². The average molecular weight is 264 g/mol. The Bertz CT molecular complexity index is 430. The van der Waals surface area contributed by atoms with Gasteiger partial charge in [0.25, 0.3) is 0 Å². The lowest BCUT2D eigenvalue weighted by molar-refractivity contribution is -0.141. The number of methoxy groups -OCH3 is 1. The van der Waals surface area contributed by atoms with Gasteiger partial charge < -0.3 is 9.64 Å². The fourth-order valence-corrected chi connectivity index (χ4v) is 2.11. The standard InChI is InChI=1S/C13H20N4O2/c1-11-3-5-14-13(15-11)17-9-7-16(8-10-17)6-4-12(18)19-2/h3,5H,4,6-10H2,1-2H3. The van der Waals surface area contributed by atoms with E-state index in [4.69, 9.17) is 0 Å². The molecule has 0 unspecified atom stereocenters. The molecule has 2 heterocycles. The minimum absolute atomic E-state index is 0.149. The van der Waals surface area contributed by atoms with Crippen molar-refractivity contribution in [3.8, 4) is 0 Å². The molecule has 0 N–H and O–H groups in total. The number of piperazine rings is 1. The summed E-state index contributed by atoms with van der Waals surface area (Å²) in [6.45, 7) is 6.37. The van der Waals surface area contributed by atoms with Gasteiger partial charge in [-0.05, 0) is 13.0 Å². The summed E-state index contributed by atoms with van der Waals surface area (Å²) in [5, 5.41) is 0. The summed E-state index contributed by atoms with van der Waals surface area (Å²) in [7, 11) is 1.43. The SMILES string of the molecule is COC(=O)CCN1CCN(c2nccc(C)n2)CC1. The van der Waals surface area contributed by atoms with Crippen molar-refractivity contribution >= 4 is 11.9 Å². The van der Waals surface area contributed by atoms with Gasteiger partial charge >= 0.3 is 5.97 Å². The zero-order chi connectivity index (χ0) is 13.7. The maximum absolute atomic E-state index is 11.1. The van der Waals surface area contributed by atoms with Gasteiger partial charge in [-0.2, -0.15) is 0 Å². The predicted molar refractivity (Wildman–Crippen MR) is 72.1 cm³/mol. The second-order valence-corrected chi connectivity index (χ2v) is 4.65. The smallest absolute Gasteiger partial charge is 0.306 e. The minimum atomic E-state index is -0.149. The third-order valence-corrected chi connectivity index (χ3v) is 3.30. The van der Waals surface area contributed by atoms with Crippen LogP contribution < -0.4 is 4.90 Å². The first-order valence-electron chi connectivity index (χ1n) is 6.53. The van der Waals surface area contributed by atoms with E-state index in [1.165, 1.54) is 7.11 Å². The van der Waals surface area contributed by atoms with Crippen molar-refractivity contribution in [2.45, 2.75) is 13.3 Å². The molecule has 0 spiro atoms. The van der Waals surface area contributed by atoms with Crippen molar-refractivity contribution in [2.24, 2.45) is 0 Å². The van der Waals surface area contributed by atoms with Gasteiger partial charge in [-0.1, -0.05) is 0 Å². The van der Waals surface area contributed by atoms with Gasteiger partial charge in [0, 0.05) is 44.6 Å². The number of esters is 1. The first-order chi connectivity index (χ1) is 9.19. The molecule has 2 rings (SSSR count). The predicted octanol–water partition coefficient (Wildman–Crippen LogP) is 0.470. The Morgan fingerprint density at radius 3 is 2.74 bits per heavy atom. The van der Waals surface area contributed by atoms with Gasteiger partial charge in [0.05, 0.1) is 13.5 Å². The summed E-state index contributed by atoms with van der Waals surface area (Å²) in [6.07, 6.45) is 2.25. The number of nitrogens with zero attached hydrogens (tertiary/aromatic N) is 4. The van der Waals surface area contributed by atoms with E-state index < -0.39 is 0 Å². The molecule has 0 radical (unpaired) electrons. The number of ether oxygens (including phenoxy) is 1. The molecular formula is C13H20N4O2. The van der Waals surface area contributed by atoms with Gasteiger partial charge in [-0.15, -0.1) is 0 Å². The third-order valence-electron chi connectivity index (χ3n) is 3.30. The highest BCUT2D eigenvalue weighted by molar-refractivity contribution is 5.69. The fourth-order valence-electron chi connectivity index (χ4n) is 2.11. The van der Waals surface area contributed by atoms with E-state index in [0.717, 1.165) is 44.4 Å². The summed E-state index contributed by atoms with van der Waals surface area (Å²) in [4.78, 5) is 24.3. The molecule has 0 atom stereocenters. The molecule has 6 nitrogen and oxygen atoms in total. The third kappa shape index (κ3) is 3.89. The summed E-state index contributed by atoms with van der Waals surface area (Å²) in [5.41, 5.74) is 0.984. The summed E-state index contributed by atoms with van der Waals surface area (Å²) in [6, 6.07) is 1.90. The molecule has 0 amide bonds. The molecule has 1 fully saturated rings. The van der Waals surface area contributed by atoms with E-state index in [1.807, 2.05) is 13.0 Å². The highest BCUT2D eigenvalue weighted by Gasteiger charge is 2.19. The molecule has 0 aromatic carbocycles. The molecule has 1 aromatic rings. The van der Waals surface area contributed by atoms with Crippen molar-refractivity contribution in [1.82, 2.24) is 14.9 Å². The molecule has 19 heavy (non-hydrogen) atoms. The number of carbonyl (C=O) groups excluding carboxylic acids is 1. The lowest BCUT2D eigenvalue weighted by Gasteiger charge is -2.34. The molecule has 0 saturated carbocycles. The van der Waals surface area contributed by atoms with Crippen molar-refractivity contribution in [3.05, 3.63) is 18.0 Å². The molecule has 6 heteroatoms. The molecule has 0 bridgehead atoms. The Kier molecular flexibility index (Phi) is 4.68. The number of anilines is 1. The van der Waals surface area contributed by atoms with Crippen LogP contribution in [0.3, 0.4) is 0 Å². The molecule has 104 valence electrons. The van der Waals surface area contributed by atoms with Crippen LogP contribution in [0.15, 0.2) is 12.3 Å². The van der Waals surface area contributed by atoms with Gasteiger partial charge in [0.1, 0.15) is 0 Å². The Morgan fingerprint density at radius 2 is 2.11 bits per heavy atom. The summed E-state index contributed by atoms with van der Waals surface area (Å²) in [5.74, 6) is 0.650. The van der Waals surface area contributed by atoms with Crippen molar-refractivity contribution in [3.63, 3.8) is 0 Å². The number of hydrogen-bond donors (Lipinski definition) is 0. The van der Waals surface area contributed by atoms with Crippen molar-refractivity contribution in [2.75, 3.05) is 44.7 Å². The minimum Gasteiger partial charge on any atom is -0.469 e. The zero-order valence-electron chi connectivity index (χ0n) is 11.5. The van der Waals surface area contributed by atoms with Gasteiger partial charge in [0.15, 0.2) is 0 Å². The van der Waals surface area contributed by atoms with Gasteiger partial charge in [-0.25, -0.2) is 9.97 Å². The highest BCUT2D eigenvalue weighted by atomic mass is 16.5. The Balaban J connectivity index is 1.81. The van der Waals surface area contributed by atoms with Gasteiger partial charge in [-0.3, -0.25) is 9.69 Å². The Hall–Kier alpha value is -1.69. The topological polar surface area (TPSA) is 58.6 Å². The van der Waals surface area contributed by atoms with Crippen LogP contribution >= 0.6 is 0 Å². The number of carbonyl (C=O) groups is 1. The Labute approximate surface area is 113 Å². The largest absolute Gasteiger partial charge is 0.469 e. The molecule has 1 aliphatic rings.